The van der Waals surface area contributed by atoms with Crippen molar-refractivity contribution in [3.63, 3.8) is 0 Å². The quantitative estimate of drug-likeness (QED) is 0.906. The van der Waals surface area contributed by atoms with Crippen molar-refractivity contribution in [3.05, 3.63) is 22.8 Å². The van der Waals surface area contributed by atoms with Gasteiger partial charge in [-0.3, -0.25) is 0 Å². The van der Waals surface area contributed by atoms with Gasteiger partial charge in [0, 0.05) is 39.0 Å². The van der Waals surface area contributed by atoms with Crippen LogP contribution in [0, 0.1) is 0 Å². The molecule has 0 bridgehead atoms. The zero-order valence-corrected chi connectivity index (χ0v) is 14.2. The number of halogens is 1. The summed E-state index contributed by atoms with van der Waals surface area (Å²) in [6, 6.07) is 2.46. The molecular formula is C16H26ClN3O. The summed E-state index contributed by atoms with van der Waals surface area (Å²) in [5, 5.41) is 4.10. The number of ether oxygens (including phenoxy) is 1. The molecule has 4 nitrogen and oxygen atoms in total. The number of rotatable bonds is 5. The highest BCUT2D eigenvalue weighted by Gasteiger charge is 2.32. The molecule has 21 heavy (non-hydrogen) atoms. The zero-order valence-electron chi connectivity index (χ0n) is 13.4. The maximum Gasteiger partial charge on any atom is 0.147 e. The predicted octanol–water partition coefficient (Wildman–Crippen LogP) is 3.24. The Morgan fingerprint density at radius 2 is 2.29 bits per heavy atom. The standard InChI is InChI=1S/C16H26ClN3O/c1-12(2)18-9-13-8-14(17)15(19-10-13)20-7-5-6-16(3,11-20)21-4/h8,10,12,18H,5-7,9,11H2,1-4H3. The van der Waals surface area contributed by atoms with Gasteiger partial charge in [0.25, 0.3) is 0 Å². The fraction of sp³-hybridized carbons (Fsp3) is 0.688. The van der Waals surface area contributed by atoms with Crippen molar-refractivity contribution < 1.29 is 4.74 Å². The van der Waals surface area contributed by atoms with Crippen molar-refractivity contribution in [3.8, 4) is 0 Å². The molecule has 1 aromatic heterocycles. The molecule has 2 rings (SSSR count). The van der Waals surface area contributed by atoms with Crippen LogP contribution in [-0.4, -0.2) is 36.8 Å². The molecule has 1 aromatic rings. The lowest BCUT2D eigenvalue weighted by Crippen LogP contribution is -2.47. The van der Waals surface area contributed by atoms with E-state index in [1.165, 1.54) is 0 Å². The van der Waals surface area contributed by atoms with E-state index in [2.05, 4.69) is 36.0 Å². The second kappa shape index (κ2) is 6.95. The lowest BCUT2D eigenvalue weighted by atomic mass is 9.95. The van der Waals surface area contributed by atoms with Crippen LogP contribution in [0.3, 0.4) is 0 Å². The van der Waals surface area contributed by atoms with Crippen LogP contribution in [0.2, 0.25) is 5.02 Å². The summed E-state index contributed by atoms with van der Waals surface area (Å²) >= 11 is 6.44. The Balaban J connectivity index is 2.10. The van der Waals surface area contributed by atoms with Crippen LogP contribution < -0.4 is 10.2 Å². The van der Waals surface area contributed by atoms with E-state index in [0.29, 0.717) is 6.04 Å². The fourth-order valence-electron chi connectivity index (χ4n) is 2.67. The van der Waals surface area contributed by atoms with Crippen molar-refractivity contribution in [2.75, 3.05) is 25.1 Å². The van der Waals surface area contributed by atoms with E-state index in [9.17, 15) is 0 Å². The molecule has 118 valence electrons. The minimum Gasteiger partial charge on any atom is -0.377 e. The summed E-state index contributed by atoms with van der Waals surface area (Å²) in [6.45, 7) is 9.01. The summed E-state index contributed by atoms with van der Waals surface area (Å²) in [7, 11) is 1.78. The average molecular weight is 312 g/mol. The Bertz CT molecular complexity index is 481. The molecule has 0 aliphatic carbocycles. The Morgan fingerprint density at radius 3 is 2.90 bits per heavy atom. The molecule has 1 saturated heterocycles. The molecular weight excluding hydrogens is 286 g/mol. The van der Waals surface area contributed by atoms with E-state index in [-0.39, 0.29) is 5.60 Å². The first-order valence-corrected chi connectivity index (χ1v) is 7.99. The first-order valence-electron chi connectivity index (χ1n) is 7.61. The van der Waals surface area contributed by atoms with Crippen LogP contribution in [0.25, 0.3) is 0 Å². The van der Waals surface area contributed by atoms with Gasteiger partial charge in [0.05, 0.1) is 10.6 Å². The third-order valence-corrected chi connectivity index (χ3v) is 4.32. The number of hydrogen-bond donors (Lipinski definition) is 1. The summed E-state index contributed by atoms with van der Waals surface area (Å²) in [4.78, 5) is 6.81. The van der Waals surface area contributed by atoms with E-state index in [4.69, 9.17) is 16.3 Å². The van der Waals surface area contributed by atoms with Gasteiger partial charge >= 0.3 is 0 Å². The van der Waals surface area contributed by atoms with Gasteiger partial charge in [-0.2, -0.15) is 0 Å². The largest absolute Gasteiger partial charge is 0.377 e. The SMILES string of the molecule is COC1(C)CCCN(c2ncc(CNC(C)C)cc2Cl)C1. The van der Waals surface area contributed by atoms with Gasteiger partial charge in [-0.25, -0.2) is 4.98 Å². The number of nitrogens with zero attached hydrogens (tertiary/aromatic N) is 2. The minimum atomic E-state index is -0.110. The van der Waals surface area contributed by atoms with E-state index in [0.717, 1.165) is 48.9 Å². The van der Waals surface area contributed by atoms with E-state index in [1.807, 2.05) is 12.3 Å². The molecule has 0 aromatic carbocycles. The maximum absolute atomic E-state index is 6.44. The number of pyridine rings is 1. The van der Waals surface area contributed by atoms with Crippen LogP contribution in [0.15, 0.2) is 12.3 Å². The lowest BCUT2D eigenvalue weighted by Gasteiger charge is -2.40. The van der Waals surface area contributed by atoms with Gasteiger partial charge in [0.15, 0.2) is 0 Å². The molecule has 0 radical (unpaired) electrons. The molecule has 1 aliphatic rings. The number of hydrogen-bond acceptors (Lipinski definition) is 4. The summed E-state index contributed by atoms with van der Waals surface area (Å²) in [5.41, 5.74) is 1.00. The monoisotopic (exact) mass is 311 g/mol. The third kappa shape index (κ3) is 4.31. The highest BCUT2D eigenvalue weighted by Crippen LogP contribution is 2.31. The molecule has 0 amide bonds. The summed E-state index contributed by atoms with van der Waals surface area (Å²) in [5.74, 6) is 0.868. The van der Waals surface area contributed by atoms with Gasteiger partial charge in [-0.1, -0.05) is 25.4 Å². The molecule has 1 unspecified atom stereocenters. The average Bonchev–Trinajstić information content (AvgIpc) is 2.45. The van der Waals surface area contributed by atoms with Crippen molar-refractivity contribution in [2.24, 2.45) is 0 Å². The topological polar surface area (TPSA) is 37.4 Å². The number of aromatic nitrogens is 1. The van der Waals surface area contributed by atoms with Gasteiger partial charge in [0.2, 0.25) is 0 Å². The van der Waals surface area contributed by atoms with Crippen molar-refractivity contribution in [1.82, 2.24) is 10.3 Å². The van der Waals surface area contributed by atoms with Crippen LogP contribution in [0.5, 0.6) is 0 Å². The van der Waals surface area contributed by atoms with E-state index >= 15 is 0 Å². The molecule has 0 saturated carbocycles. The van der Waals surface area contributed by atoms with Crippen molar-refractivity contribution >= 4 is 17.4 Å². The van der Waals surface area contributed by atoms with E-state index < -0.39 is 0 Å². The smallest absolute Gasteiger partial charge is 0.147 e. The predicted molar refractivity (Wildman–Crippen MR) is 88.1 cm³/mol. The molecule has 1 atom stereocenters. The minimum absolute atomic E-state index is 0.110. The molecule has 1 N–H and O–H groups in total. The lowest BCUT2D eigenvalue weighted by molar-refractivity contribution is -0.00480. The number of methoxy groups -OCH3 is 1. The van der Waals surface area contributed by atoms with Gasteiger partial charge < -0.3 is 15.0 Å². The number of piperidine rings is 1. The Kier molecular flexibility index (Phi) is 5.47. The first-order chi connectivity index (χ1) is 9.93. The second-order valence-electron chi connectivity index (χ2n) is 6.36. The second-order valence-corrected chi connectivity index (χ2v) is 6.77. The first kappa shape index (κ1) is 16.5. The molecule has 0 spiro atoms. The van der Waals surface area contributed by atoms with Crippen molar-refractivity contribution in [2.45, 2.75) is 51.8 Å². The van der Waals surface area contributed by atoms with Crippen LogP contribution in [0.4, 0.5) is 5.82 Å². The Morgan fingerprint density at radius 1 is 1.52 bits per heavy atom. The van der Waals surface area contributed by atoms with Crippen LogP contribution in [0.1, 0.15) is 39.2 Å². The normalized spacial score (nSPS) is 22.9. The number of anilines is 1. The zero-order chi connectivity index (χ0) is 15.5. The third-order valence-electron chi connectivity index (χ3n) is 4.04. The fourth-order valence-corrected chi connectivity index (χ4v) is 2.98. The maximum atomic E-state index is 6.44. The van der Waals surface area contributed by atoms with Gasteiger partial charge in [-0.05, 0) is 31.4 Å². The Hall–Kier alpha value is -0.840. The molecule has 1 aliphatic heterocycles. The van der Waals surface area contributed by atoms with Crippen LogP contribution >= 0.6 is 11.6 Å². The molecule has 2 heterocycles. The highest BCUT2D eigenvalue weighted by atomic mass is 35.5. The van der Waals surface area contributed by atoms with Crippen LogP contribution in [-0.2, 0) is 11.3 Å². The van der Waals surface area contributed by atoms with Gasteiger partial charge in [0.1, 0.15) is 5.82 Å². The Labute approximate surface area is 132 Å². The summed E-state index contributed by atoms with van der Waals surface area (Å²) < 4.78 is 5.64. The van der Waals surface area contributed by atoms with Crippen molar-refractivity contribution in [1.29, 1.82) is 0 Å². The molecule has 5 heteroatoms. The van der Waals surface area contributed by atoms with E-state index in [1.54, 1.807) is 7.11 Å². The molecule has 1 fully saturated rings. The summed E-state index contributed by atoms with van der Waals surface area (Å²) in [6.07, 6.45) is 4.09. The van der Waals surface area contributed by atoms with Gasteiger partial charge in [-0.15, -0.1) is 0 Å². The highest BCUT2D eigenvalue weighted by molar-refractivity contribution is 6.33. The number of nitrogens with one attached hydrogen (secondary N) is 1.